The van der Waals surface area contributed by atoms with Crippen LogP contribution in [0.2, 0.25) is 0 Å². The number of nitrogens with two attached hydrogens (primary N) is 1. The van der Waals surface area contributed by atoms with Gasteiger partial charge in [-0.05, 0) is 47.3 Å². The molecule has 13 heteroatoms. The first-order valence-electron chi connectivity index (χ1n) is 10.1. The van der Waals surface area contributed by atoms with Crippen molar-refractivity contribution in [3.63, 3.8) is 0 Å². The molecule has 0 amide bonds. The molecule has 0 bridgehead atoms. The lowest BCUT2D eigenvalue weighted by molar-refractivity contribution is -0.380. The van der Waals surface area contributed by atoms with Gasteiger partial charge in [0.15, 0.2) is 0 Å². The predicted octanol–water partition coefficient (Wildman–Crippen LogP) is 4.61. The zero-order chi connectivity index (χ0) is 24.7. The van der Waals surface area contributed by atoms with Crippen molar-refractivity contribution in [1.82, 2.24) is 4.98 Å². The largest absolute Gasteiger partial charge is 0.383 e. The topological polar surface area (TPSA) is 129 Å². The summed E-state index contributed by atoms with van der Waals surface area (Å²) in [7, 11) is -4.36. The zero-order valence-electron chi connectivity index (χ0n) is 17.8. The van der Waals surface area contributed by atoms with Gasteiger partial charge >= 0.3 is 15.1 Å². The molecule has 182 valence electrons. The van der Waals surface area contributed by atoms with Crippen LogP contribution in [0.15, 0.2) is 54.0 Å². The van der Waals surface area contributed by atoms with Gasteiger partial charge in [0.25, 0.3) is 0 Å². The lowest BCUT2D eigenvalue weighted by atomic mass is 10.1. The monoisotopic (exact) mass is 544 g/mol. The van der Waals surface area contributed by atoms with Gasteiger partial charge in [-0.25, -0.2) is 4.98 Å². The number of pyridine rings is 1. The molecule has 0 fully saturated rings. The van der Waals surface area contributed by atoms with Gasteiger partial charge in [0.05, 0.1) is 10.5 Å². The van der Waals surface area contributed by atoms with E-state index in [0.717, 1.165) is 17.0 Å². The lowest BCUT2D eigenvalue weighted by Crippen LogP contribution is -2.27. The molecular weight excluding hydrogens is 523 g/mol. The van der Waals surface area contributed by atoms with Crippen molar-refractivity contribution in [2.75, 3.05) is 35.5 Å². The quantitative estimate of drug-likeness (QED) is 0.151. The predicted molar refractivity (Wildman–Crippen MR) is 136 cm³/mol. The maximum absolute atomic E-state index is 13.4. The molecule has 0 aliphatic heterocycles. The number of benzene rings is 1. The number of nitrogens with zero attached hydrogens (tertiary/aromatic N) is 3. The summed E-state index contributed by atoms with van der Waals surface area (Å²) in [5, 5.41) is 11.4. The third-order valence-corrected chi connectivity index (χ3v) is 7.75. The molecule has 1 aromatic carbocycles. The van der Waals surface area contributed by atoms with E-state index in [0.29, 0.717) is 30.4 Å². The Balaban J connectivity index is 1.93. The van der Waals surface area contributed by atoms with Crippen LogP contribution in [0.1, 0.15) is 16.4 Å². The molecular formula is C21H22Cl2N4O5S2. The Bertz CT molecular complexity index is 1220. The number of anilines is 2. The third-order valence-electron chi connectivity index (χ3n) is 4.99. The van der Waals surface area contributed by atoms with Crippen molar-refractivity contribution in [2.24, 2.45) is 0 Å². The Hall–Kier alpha value is -2.60. The Morgan fingerprint density at radius 2 is 1.82 bits per heavy atom. The van der Waals surface area contributed by atoms with Gasteiger partial charge < -0.3 is 14.8 Å². The van der Waals surface area contributed by atoms with Crippen molar-refractivity contribution in [3.8, 4) is 5.75 Å². The number of halogens is 2. The first-order valence-corrected chi connectivity index (χ1v) is 13.5. The van der Waals surface area contributed by atoms with Gasteiger partial charge in [-0.3, -0.25) is 10.1 Å². The minimum absolute atomic E-state index is 0.0327. The average molecular weight is 545 g/mol. The first-order chi connectivity index (χ1) is 16.3. The van der Waals surface area contributed by atoms with Gasteiger partial charge in [0.1, 0.15) is 16.8 Å². The molecule has 3 aromatic rings. The summed E-state index contributed by atoms with van der Waals surface area (Å²) in [5.41, 5.74) is 7.18. The highest BCUT2D eigenvalue weighted by atomic mass is 35.5. The molecule has 0 spiro atoms. The average Bonchev–Trinajstić information content (AvgIpc) is 3.28. The SMILES string of the molecule is Nc1ncccc1CC(c1ccsc1[N+](=O)[O-])S(=O)(=O)Oc1ccc(N(CCCl)CCCl)cc1. The van der Waals surface area contributed by atoms with Crippen LogP contribution >= 0.6 is 34.5 Å². The van der Waals surface area contributed by atoms with Crippen LogP contribution in [-0.4, -0.2) is 43.2 Å². The second kappa shape index (κ2) is 11.7. The summed E-state index contributed by atoms with van der Waals surface area (Å²) in [6, 6.07) is 11.1. The Morgan fingerprint density at radius 1 is 1.15 bits per heavy atom. The molecule has 0 saturated heterocycles. The van der Waals surface area contributed by atoms with Crippen molar-refractivity contribution < 1.29 is 17.5 Å². The Kier molecular flexibility index (Phi) is 8.95. The Labute approximate surface area is 211 Å². The number of hydrogen-bond donors (Lipinski definition) is 1. The smallest absolute Gasteiger partial charge is 0.328 e. The molecule has 0 aliphatic rings. The molecule has 2 heterocycles. The van der Waals surface area contributed by atoms with E-state index in [-0.39, 0.29) is 28.6 Å². The van der Waals surface area contributed by atoms with Gasteiger partial charge in [-0.2, -0.15) is 8.42 Å². The highest BCUT2D eigenvalue weighted by Gasteiger charge is 2.36. The van der Waals surface area contributed by atoms with Gasteiger partial charge in [-0.1, -0.05) is 17.4 Å². The molecule has 2 N–H and O–H groups in total. The normalized spacial score (nSPS) is 12.3. The maximum atomic E-state index is 13.4. The molecule has 0 radical (unpaired) electrons. The highest BCUT2D eigenvalue weighted by molar-refractivity contribution is 7.87. The number of thiophene rings is 1. The van der Waals surface area contributed by atoms with E-state index >= 15 is 0 Å². The minimum Gasteiger partial charge on any atom is -0.383 e. The number of rotatable bonds is 12. The fraction of sp³-hybridized carbons (Fsp3) is 0.286. The van der Waals surface area contributed by atoms with Crippen molar-refractivity contribution >= 4 is 61.2 Å². The molecule has 3 rings (SSSR count). The van der Waals surface area contributed by atoms with E-state index in [2.05, 4.69) is 4.98 Å². The Morgan fingerprint density at radius 3 is 2.41 bits per heavy atom. The number of aromatic nitrogens is 1. The molecule has 2 aromatic heterocycles. The second-order valence-corrected chi connectivity index (χ2v) is 10.5. The van der Waals surface area contributed by atoms with Crippen LogP contribution in [-0.2, 0) is 16.5 Å². The summed E-state index contributed by atoms with van der Waals surface area (Å²) in [4.78, 5) is 16.9. The van der Waals surface area contributed by atoms with E-state index in [1.165, 1.54) is 29.8 Å². The van der Waals surface area contributed by atoms with E-state index in [9.17, 15) is 18.5 Å². The molecule has 0 saturated carbocycles. The summed E-state index contributed by atoms with van der Waals surface area (Å²) in [6.45, 7) is 1.15. The number of nitro groups is 1. The van der Waals surface area contributed by atoms with Crippen molar-refractivity contribution in [3.05, 3.63) is 75.3 Å². The standard InChI is InChI=1S/C21H22Cl2N4O5S2/c22-8-11-26(12-9-23)16-3-5-17(6-4-16)32-34(30,31)19(14-15-2-1-10-25-20(15)24)18-7-13-33-21(18)27(28)29/h1-7,10,13,19H,8-9,11-12,14H2,(H2,24,25). The highest BCUT2D eigenvalue weighted by Crippen LogP contribution is 2.38. The molecule has 1 unspecified atom stereocenters. The van der Waals surface area contributed by atoms with Gasteiger partial charge in [0, 0.05) is 43.2 Å². The van der Waals surface area contributed by atoms with E-state index in [1.807, 2.05) is 4.90 Å². The summed E-state index contributed by atoms with van der Waals surface area (Å²) in [5.74, 6) is 1.02. The fourth-order valence-electron chi connectivity index (χ4n) is 3.37. The van der Waals surface area contributed by atoms with Gasteiger partial charge in [-0.15, -0.1) is 23.2 Å². The summed E-state index contributed by atoms with van der Waals surface area (Å²) >= 11 is 12.5. The fourth-order valence-corrected chi connectivity index (χ4v) is 6.01. The van der Waals surface area contributed by atoms with Crippen LogP contribution in [0.3, 0.4) is 0 Å². The van der Waals surface area contributed by atoms with Crippen LogP contribution in [0, 0.1) is 10.1 Å². The minimum atomic E-state index is -4.36. The number of hydrogen-bond acceptors (Lipinski definition) is 9. The molecule has 34 heavy (non-hydrogen) atoms. The third kappa shape index (κ3) is 6.29. The second-order valence-electron chi connectivity index (χ2n) is 7.11. The van der Waals surface area contributed by atoms with Crippen molar-refractivity contribution in [1.29, 1.82) is 0 Å². The first kappa shape index (κ1) is 26.0. The van der Waals surface area contributed by atoms with E-state index in [1.54, 1.807) is 24.3 Å². The summed E-state index contributed by atoms with van der Waals surface area (Å²) < 4.78 is 32.1. The van der Waals surface area contributed by atoms with E-state index in [4.69, 9.17) is 33.1 Å². The number of nitrogen functional groups attached to an aromatic ring is 1. The summed E-state index contributed by atoms with van der Waals surface area (Å²) in [6.07, 6.45) is 1.34. The molecule has 1 atom stereocenters. The zero-order valence-corrected chi connectivity index (χ0v) is 21.0. The van der Waals surface area contributed by atoms with Crippen molar-refractivity contribution in [2.45, 2.75) is 11.7 Å². The van der Waals surface area contributed by atoms with Crippen LogP contribution in [0.25, 0.3) is 0 Å². The van der Waals surface area contributed by atoms with E-state index < -0.39 is 20.3 Å². The molecule has 9 nitrogen and oxygen atoms in total. The lowest BCUT2D eigenvalue weighted by Gasteiger charge is -2.23. The number of alkyl halides is 2. The van der Waals surface area contributed by atoms with Crippen LogP contribution < -0.4 is 14.8 Å². The van der Waals surface area contributed by atoms with Crippen LogP contribution in [0.4, 0.5) is 16.5 Å². The maximum Gasteiger partial charge on any atom is 0.328 e. The molecule has 0 aliphatic carbocycles. The van der Waals surface area contributed by atoms with Gasteiger partial charge in [0.2, 0.25) is 0 Å². The van der Waals surface area contributed by atoms with Crippen LogP contribution in [0.5, 0.6) is 5.75 Å².